The largest absolute Gasteiger partial charge is 0.493 e. The highest BCUT2D eigenvalue weighted by atomic mass is 16.5. The second kappa shape index (κ2) is 11.8. The third-order valence-corrected chi connectivity index (χ3v) is 4.21. The first kappa shape index (κ1) is 21.5. The van der Waals surface area contributed by atoms with Gasteiger partial charge in [0.2, 0.25) is 5.75 Å². The van der Waals surface area contributed by atoms with E-state index in [1.165, 1.54) is 0 Å². The lowest BCUT2D eigenvalue weighted by Gasteiger charge is -2.14. The van der Waals surface area contributed by atoms with Gasteiger partial charge in [-0.3, -0.25) is 0 Å². The van der Waals surface area contributed by atoms with Crippen molar-refractivity contribution < 1.29 is 18.6 Å². The summed E-state index contributed by atoms with van der Waals surface area (Å²) in [7, 11) is 4.81. The van der Waals surface area contributed by atoms with Gasteiger partial charge in [0.25, 0.3) is 0 Å². The number of rotatable bonds is 11. The average molecular weight is 389 g/mol. The first-order chi connectivity index (χ1) is 13.7. The molecule has 154 valence electrons. The fourth-order valence-electron chi connectivity index (χ4n) is 2.71. The van der Waals surface area contributed by atoms with Crippen molar-refractivity contribution in [2.45, 2.75) is 32.7 Å². The summed E-state index contributed by atoms with van der Waals surface area (Å²) < 4.78 is 21.6. The van der Waals surface area contributed by atoms with E-state index in [2.05, 4.69) is 17.6 Å². The molecule has 0 fully saturated rings. The summed E-state index contributed by atoms with van der Waals surface area (Å²) in [6, 6.07) is 7.70. The predicted octanol–water partition coefficient (Wildman–Crippen LogP) is 3.38. The standard InChI is InChI=1S/C21H31N3O4/c1-5-6-10-22-21(23-11-9-17-8-7-12-28-17)24-15-16-13-18(25-2)20(27-4)19(14-16)26-3/h7-8,12-14H,5-6,9-11,15H2,1-4H3,(H2,22,23,24). The van der Waals surface area contributed by atoms with Crippen molar-refractivity contribution in [2.24, 2.45) is 4.99 Å². The molecule has 2 rings (SSSR count). The Morgan fingerprint density at radius 3 is 2.32 bits per heavy atom. The molecule has 0 bridgehead atoms. The Kier molecular flexibility index (Phi) is 9.04. The number of ether oxygens (including phenoxy) is 3. The van der Waals surface area contributed by atoms with Crippen LogP contribution in [0.15, 0.2) is 39.9 Å². The molecule has 1 heterocycles. The molecule has 0 atom stereocenters. The molecule has 0 unspecified atom stereocenters. The van der Waals surface area contributed by atoms with Crippen LogP contribution in [0.4, 0.5) is 0 Å². The van der Waals surface area contributed by atoms with Crippen molar-refractivity contribution in [3.8, 4) is 17.2 Å². The molecular formula is C21H31N3O4. The summed E-state index contributed by atoms with van der Waals surface area (Å²) in [4.78, 5) is 4.70. The Hall–Kier alpha value is -2.83. The third-order valence-electron chi connectivity index (χ3n) is 4.21. The molecular weight excluding hydrogens is 358 g/mol. The quantitative estimate of drug-likeness (QED) is 0.349. The zero-order chi connectivity index (χ0) is 20.2. The van der Waals surface area contributed by atoms with Crippen LogP contribution in [0, 0.1) is 0 Å². The number of guanidine groups is 1. The zero-order valence-electron chi connectivity index (χ0n) is 17.2. The molecule has 0 aliphatic heterocycles. The second-order valence-corrected chi connectivity index (χ2v) is 6.23. The summed E-state index contributed by atoms with van der Waals surface area (Å²) in [6.45, 7) is 4.26. The minimum Gasteiger partial charge on any atom is -0.493 e. The van der Waals surface area contributed by atoms with Crippen molar-refractivity contribution in [1.29, 1.82) is 0 Å². The van der Waals surface area contributed by atoms with Crippen molar-refractivity contribution in [3.05, 3.63) is 41.9 Å². The SMILES string of the molecule is CCCCNC(=NCc1cc(OC)c(OC)c(OC)c1)NCCc1ccco1. The molecule has 0 saturated heterocycles. The van der Waals surface area contributed by atoms with E-state index in [9.17, 15) is 0 Å². The lowest BCUT2D eigenvalue weighted by Crippen LogP contribution is -2.38. The number of unbranched alkanes of at least 4 members (excludes halogenated alkanes) is 1. The fourth-order valence-corrected chi connectivity index (χ4v) is 2.71. The monoisotopic (exact) mass is 389 g/mol. The van der Waals surface area contributed by atoms with Gasteiger partial charge in [-0.05, 0) is 36.2 Å². The number of nitrogens with zero attached hydrogens (tertiary/aromatic N) is 1. The molecule has 1 aromatic heterocycles. The van der Waals surface area contributed by atoms with Gasteiger partial charge in [-0.15, -0.1) is 0 Å². The normalized spacial score (nSPS) is 11.2. The van der Waals surface area contributed by atoms with Crippen LogP contribution in [-0.2, 0) is 13.0 Å². The van der Waals surface area contributed by atoms with Crippen LogP contribution in [0.1, 0.15) is 31.1 Å². The van der Waals surface area contributed by atoms with Crippen molar-refractivity contribution >= 4 is 5.96 Å². The summed E-state index contributed by atoms with van der Waals surface area (Å²) >= 11 is 0. The Morgan fingerprint density at radius 1 is 1.04 bits per heavy atom. The summed E-state index contributed by atoms with van der Waals surface area (Å²) in [5, 5.41) is 6.73. The molecule has 0 amide bonds. The van der Waals surface area contributed by atoms with Gasteiger partial charge < -0.3 is 29.3 Å². The maximum atomic E-state index is 5.42. The van der Waals surface area contributed by atoms with E-state index in [0.29, 0.717) is 23.8 Å². The molecule has 7 nitrogen and oxygen atoms in total. The fraction of sp³-hybridized carbons (Fsp3) is 0.476. The zero-order valence-corrected chi connectivity index (χ0v) is 17.2. The van der Waals surface area contributed by atoms with E-state index in [1.807, 2.05) is 24.3 Å². The number of aliphatic imine (C=N–C) groups is 1. The van der Waals surface area contributed by atoms with E-state index in [-0.39, 0.29) is 0 Å². The van der Waals surface area contributed by atoms with E-state index in [1.54, 1.807) is 27.6 Å². The summed E-state index contributed by atoms with van der Waals surface area (Å²) in [5.41, 5.74) is 0.970. The number of hydrogen-bond acceptors (Lipinski definition) is 5. The van der Waals surface area contributed by atoms with E-state index < -0.39 is 0 Å². The molecule has 0 radical (unpaired) electrons. The maximum Gasteiger partial charge on any atom is 0.203 e. The Labute approximate surface area is 167 Å². The van der Waals surface area contributed by atoms with Gasteiger partial charge in [-0.1, -0.05) is 13.3 Å². The Morgan fingerprint density at radius 2 is 1.75 bits per heavy atom. The van der Waals surface area contributed by atoms with Crippen LogP contribution in [0.2, 0.25) is 0 Å². The van der Waals surface area contributed by atoms with Crippen molar-refractivity contribution in [1.82, 2.24) is 10.6 Å². The van der Waals surface area contributed by atoms with Gasteiger partial charge in [-0.25, -0.2) is 4.99 Å². The minimum absolute atomic E-state index is 0.485. The van der Waals surface area contributed by atoms with Crippen LogP contribution in [0.5, 0.6) is 17.2 Å². The number of benzene rings is 1. The molecule has 7 heteroatoms. The first-order valence-corrected chi connectivity index (χ1v) is 9.55. The highest BCUT2D eigenvalue weighted by Gasteiger charge is 2.13. The van der Waals surface area contributed by atoms with Crippen LogP contribution >= 0.6 is 0 Å². The lowest BCUT2D eigenvalue weighted by molar-refractivity contribution is 0.324. The van der Waals surface area contributed by atoms with Crippen LogP contribution in [-0.4, -0.2) is 40.4 Å². The van der Waals surface area contributed by atoms with Gasteiger partial charge in [0, 0.05) is 19.5 Å². The van der Waals surface area contributed by atoms with E-state index in [0.717, 1.165) is 49.6 Å². The minimum atomic E-state index is 0.485. The molecule has 1 aromatic carbocycles. The number of methoxy groups -OCH3 is 3. The highest BCUT2D eigenvalue weighted by molar-refractivity contribution is 5.79. The first-order valence-electron chi connectivity index (χ1n) is 9.55. The highest BCUT2D eigenvalue weighted by Crippen LogP contribution is 2.38. The summed E-state index contributed by atoms with van der Waals surface area (Å²) in [5.74, 6) is 3.55. The number of nitrogens with one attached hydrogen (secondary N) is 2. The smallest absolute Gasteiger partial charge is 0.203 e. The molecule has 0 aliphatic rings. The van der Waals surface area contributed by atoms with Gasteiger partial charge in [0.15, 0.2) is 17.5 Å². The number of hydrogen-bond donors (Lipinski definition) is 2. The Bertz CT molecular complexity index is 704. The van der Waals surface area contributed by atoms with Crippen molar-refractivity contribution in [2.75, 3.05) is 34.4 Å². The topological polar surface area (TPSA) is 77.3 Å². The van der Waals surface area contributed by atoms with Gasteiger partial charge >= 0.3 is 0 Å². The average Bonchev–Trinajstić information content (AvgIpc) is 3.24. The molecule has 2 aromatic rings. The lowest BCUT2D eigenvalue weighted by atomic mass is 10.2. The van der Waals surface area contributed by atoms with Crippen LogP contribution in [0.25, 0.3) is 0 Å². The van der Waals surface area contributed by atoms with E-state index in [4.69, 9.17) is 23.6 Å². The molecule has 28 heavy (non-hydrogen) atoms. The van der Waals surface area contributed by atoms with Crippen LogP contribution in [0.3, 0.4) is 0 Å². The van der Waals surface area contributed by atoms with Gasteiger partial charge in [0.1, 0.15) is 5.76 Å². The molecule has 0 aliphatic carbocycles. The van der Waals surface area contributed by atoms with Crippen molar-refractivity contribution in [3.63, 3.8) is 0 Å². The van der Waals surface area contributed by atoms with Crippen LogP contribution < -0.4 is 24.8 Å². The predicted molar refractivity (Wildman–Crippen MR) is 111 cm³/mol. The number of furan rings is 1. The Balaban J connectivity index is 2.06. The molecule has 2 N–H and O–H groups in total. The molecule has 0 spiro atoms. The van der Waals surface area contributed by atoms with Gasteiger partial charge in [-0.2, -0.15) is 0 Å². The summed E-state index contributed by atoms with van der Waals surface area (Å²) in [6.07, 6.45) is 4.70. The molecule has 0 saturated carbocycles. The van der Waals surface area contributed by atoms with Gasteiger partial charge in [0.05, 0.1) is 34.1 Å². The van der Waals surface area contributed by atoms with E-state index >= 15 is 0 Å². The maximum absolute atomic E-state index is 5.42. The third kappa shape index (κ3) is 6.40. The second-order valence-electron chi connectivity index (χ2n) is 6.23.